The summed E-state index contributed by atoms with van der Waals surface area (Å²) in [6.45, 7) is 0.356. The average Bonchev–Trinajstić information content (AvgIpc) is 2.96. The molecule has 0 radical (unpaired) electrons. The number of H-pyrrole nitrogens is 1. The van der Waals surface area contributed by atoms with Crippen LogP contribution in [0.2, 0.25) is 0 Å². The van der Waals surface area contributed by atoms with E-state index >= 15 is 0 Å². The molecule has 2 aromatic heterocycles. The normalized spacial score (nSPS) is 12.1. The van der Waals surface area contributed by atoms with Crippen molar-refractivity contribution in [1.82, 2.24) is 25.3 Å². The number of methoxy groups -OCH3 is 1. The Bertz CT molecular complexity index is 541. The van der Waals surface area contributed by atoms with Crippen LogP contribution in [0.25, 0.3) is 0 Å². The average molecular weight is 277 g/mol. The van der Waals surface area contributed by atoms with Crippen molar-refractivity contribution >= 4 is 5.97 Å². The van der Waals surface area contributed by atoms with Gasteiger partial charge in [-0.2, -0.15) is 0 Å². The SMILES string of the molecule is COc1ncc(CN[C@H](Cc2cnc[nH]2)C(=O)O)cn1. The lowest BCUT2D eigenvalue weighted by Crippen LogP contribution is -2.38. The number of hydrogen-bond donors (Lipinski definition) is 3. The highest BCUT2D eigenvalue weighted by atomic mass is 16.5. The minimum absolute atomic E-state index is 0.279. The topological polar surface area (TPSA) is 113 Å². The van der Waals surface area contributed by atoms with Crippen LogP contribution in [-0.4, -0.2) is 44.2 Å². The number of nitrogens with zero attached hydrogens (tertiary/aromatic N) is 3. The Hall–Kier alpha value is -2.48. The number of ether oxygens (including phenoxy) is 1. The number of carboxylic acids is 1. The van der Waals surface area contributed by atoms with Gasteiger partial charge in [-0.15, -0.1) is 0 Å². The molecule has 0 fully saturated rings. The Balaban J connectivity index is 1.92. The highest BCUT2D eigenvalue weighted by Gasteiger charge is 2.18. The lowest BCUT2D eigenvalue weighted by molar-refractivity contribution is -0.139. The first-order valence-corrected chi connectivity index (χ1v) is 5.97. The Labute approximate surface area is 115 Å². The van der Waals surface area contributed by atoms with Gasteiger partial charge in [-0.25, -0.2) is 15.0 Å². The van der Waals surface area contributed by atoms with Gasteiger partial charge in [0.1, 0.15) is 6.04 Å². The van der Waals surface area contributed by atoms with Gasteiger partial charge < -0.3 is 14.8 Å². The number of carboxylic acid groups (broad SMARTS) is 1. The maximum Gasteiger partial charge on any atom is 0.321 e. The number of aliphatic carboxylic acids is 1. The fraction of sp³-hybridized carbons (Fsp3) is 0.333. The van der Waals surface area contributed by atoms with E-state index in [9.17, 15) is 9.90 Å². The predicted octanol–water partition coefficient (Wildman–Crippen LogP) is -0.00620. The maximum atomic E-state index is 11.2. The molecule has 3 N–H and O–H groups in total. The van der Waals surface area contributed by atoms with Gasteiger partial charge in [-0.05, 0) is 0 Å². The summed E-state index contributed by atoms with van der Waals surface area (Å²) >= 11 is 0. The molecule has 0 saturated carbocycles. The molecule has 8 nitrogen and oxygen atoms in total. The van der Waals surface area contributed by atoms with Crippen molar-refractivity contribution < 1.29 is 14.6 Å². The quantitative estimate of drug-likeness (QED) is 0.652. The van der Waals surface area contributed by atoms with E-state index in [-0.39, 0.29) is 6.01 Å². The fourth-order valence-electron chi connectivity index (χ4n) is 1.64. The lowest BCUT2D eigenvalue weighted by atomic mass is 10.1. The van der Waals surface area contributed by atoms with Crippen LogP contribution in [0.1, 0.15) is 11.3 Å². The highest BCUT2D eigenvalue weighted by Crippen LogP contribution is 2.04. The molecule has 0 spiro atoms. The van der Waals surface area contributed by atoms with E-state index in [1.807, 2.05) is 0 Å². The van der Waals surface area contributed by atoms with E-state index in [1.54, 1.807) is 18.6 Å². The zero-order valence-electron chi connectivity index (χ0n) is 10.9. The van der Waals surface area contributed by atoms with Crippen molar-refractivity contribution in [3.05, 3.63) is 36.2 Å². The zero-order chi connectivity index (χ0) is 14.4. The fourth-order valence-corrected chi connectivity index (χ4v) is 1.64. The van der Waals surface area contributed by atoms with Crippen LogP contribution in [0.15, 0.2) is 24.9 Å². The van der Waals surface area contributed by atoms with Crippen LogP contribution >= 0.6 is 0 Å². The summed E-state index contributed by atoms with van der Waals surface area (Å²) in [5, 5.41) is 12.1. The Kier molecular flexibility index (Phi) is 4.61. The summed E-state index contributed by atoms with van der Waals surface area (Å²) in [5.74, 6) is -0.922. The number of carbonyl (C=O) groups is 1. The molecule has 0 unspecified atom stereocenters. The van der Waals surface area contributed by atoms with Gasteiger partial charge in [-0.1, -0.05) is 0 Å². The third-order valence-corrected chi connectivity index (χ3v) is 2.69. The van der Waals surface area contributed by atoms with Crippen molar-refractivity contribution in [1.29, 1.82) is 0 Å². The van der Waals surface area contributed by atoms with Crippen LogP contribution < -0.4 is 10.1 Å². The molecule has 0 amide bonds. The van der Waals surface area contributed by atoms with E-state index in [0.29, 0.717) is 13.0 Å². The molecule has 8 heteroatoms. The second kappa shape index (κ2) is 6.62. The van der Waals surface area contributed by atoms with Crippen LogP contribution in [0.3, 0.4) is 0 Å². The van der Waals surface area contributed by atoms with Crippen molar-refractivity contribution in [2.24, 2.45) is 0 Å². The molecule has 2 heterocycles. The van der Waals surface area contributed by atoms with Crippen LogP contribution in [0.4, 0.5) is 0 Å². The van der Waals surface area contributed by atoms with E-state index in [1.165, 1.54) is 13.4 Å². The molecule has 1 atom stereocenters. The molecular formula is C12H15N5O3. The highest BCUT2D eigenvalue weighted by molar-refractivity contribution is 5.73. The molecule has 0 saturated heterocycles. The number of hydrogen-bond acceptors (Lipinski definition) is 6. The second-order valence-electron chi connectivity index (χ2n) is 4.13. The number of aromatic amines is 1. The molecule has 0 aromatic carbocycles. The minimum Gasteiger partial charge on any atom is -0.480 e. The summed E-state index contributed by atoms with van der Waals surface area (Å²) in [7, 11) is 1.48. The van der Waals surface area contributed by atoms with Crippen molar-refractivity contribution in [2.45, 2.75) is 19.0 Å². The maximum absolute atomic E-state index is 11.2. The predicted molar refractivity (Wildman–Crippen MR) is 69.1 cm³/mol. The molecular weight excluding hydrogens is 262 g/mol. The first-order valence-electron chi connectivity index (χ1n) is 5.97. The zero-order valence-corrected chi connectivity index (χ0v) is 10.9. The van der Waals surface area contributed by atoms with Gasteiger partial charge in [0.25, 0.3) is 0 Å². The Morgan fingerprint density at radius 3 is 2.75 bits per heavy atom. The van der Waals surface area contributed by atoms with Gasteiger partial charge in [0, 0.05) is 42.8 Å². The summed E-state index contributed by atoms with van der Waals surface area (Å²) in [6, 6.07) is -0.432. The van der Waals surface area contributed by atoms with Gasteiger partial charge in [0.2, 0.25) is 0 Å². The number of aromatic nitrogens is 4. The number of rotatable bonds is 7. The molecule has 0 aliphatic rings. The van der Waals surface area contributed by atoms with E-state index in [2.05, 4.69) is 25.3 Å². The largest absolute Gasteiger partial charge is 0.480 e. The van der Waals surface area contributed by atoms with E-state index < -0.39 is 12.0 Å². The lowest BCUT2D eigenvalue weighted by Gasteiger charge is -2.13. The summed E-state index contributed by atoms with van der Waals surface area (Å²) < 4.78 is 4.86. The molecule has 20 heavy (non-hydrogen) atoms. The summed E-state index contributed by atoms with van der Waals surface area (Å²) in [5.41, 5.74) is 1.54. The number of imidazole rings is 1. The Morgan fingerprint density at radius 1 is 1.45 bits per heavy atom. The molecule has 0 aliphatic heterocycles. The van der Waals surface area contributed by atoms with Gasteiger partial charge in [-0.3, -0.25) is 10.1 Å². The summed E-state index contributed by atoms with van der Waals surface area (Å²) in [6.07, 6.45) is 6.63. The first kappa shape index (κ1) is 13.9. The van der Waals surface area contributed by atoms with Crippen LogP contribution in [0, 0.1) is 0 Å². The van der Waals surface area contributed by atoms with Crippen LogP contribution in [-0.2, 0) is 17.8 Å². The van der Waals surface area contributed by atoms with Crippen LogP contribution in [0.5, 0.6) is 6.01 Å². The van der Waals surface area contributed by atoms with Crippen molar-refractivity contribution in [3.63, 3.8) is 0 Å². The van der Waals surface area contributed by atoms with Gasteiger partial charge >= 0.3 is 12.0 Å². The van der Waals surface area contributed by atoms with Crippen molar-refractivity contribution in [2.75, 3.05) is 7.11 Å². The third-order valence-electron chi connectivity index (χ3n) is 2.69. The van der Waals surface area contributed by atoms with E-state index in [4.69, 9.17) is 4.74 Å². The van der Waals surface area contributed by atoms with Gasteiger partial charge in [0.15, 0.2) is 0 Å². The van der Waals surface area contributed by atoms with Crippen molar-refractivity contribution in [3.8, 4) is 6.01 Å². The standard InChI is InChI=1S/C12H15N5O3/c1-20-12-15-4-8(5-16-12)3-14-10(11(18)19)2-9-6-13-7-17-9/h4-7,10,14H,2-3H2,1H3,(H,13,17)(H,18,19)/t10-/m1/s1. The summed E-state index contributed by atoms with van der Waals surface area (Å²) in [4.78, 5) is 25.9. The molecule has 0 aliphatic carbocycles. The van der Waals surface area contributed by atoms with Gasteiger partial charge in [0.05, 0.1) is 13.4 Å². The molecule has 2 rings (SSSR count). The Morgan fingerprint density at radius 2 is 2.20 bits per heavy atom. The molecule has 106 valence electrons. The third kappa shape index (κ3) is 3.75. The monoisotopic (exact) mass is 277 g/mol. The smallest absolute Gasteiger partial charge is 0.321 e. The van der Waals surface area contributed by atoms with E-state index in [0.717, 1.165) is 11.3 Å². The second-order valence-corrected chi connectivity index (χ2v) is 4.13. The number of nitrogens with one attached hydrogen (secondary N) is 2. The molecule has 0 bridgehead atoms. The first-order chi connectivity index (χ1) is 9.69. The molecule has 2 aromatic rings. The minimum atomic E-state index is -0.922.